The van der Waals surface area contributed by atoms with Crippen molar-refractivity contribution in [2.45, 2.75) is 64.0 Å². The number of hydrogen-bond acceptors (Lipinski definition) is 1. The minimum Gasteiger partial charge on any atom is -0.300 e. The van der Waals surface area contributed by atoms with Gasteiger partial charge in [-0.15, -0.1) is 0 Å². The average molecular weight is 356 g/mol. The van der Waals surface area contributed by atoms with E-state index < -0.39 is 0 Å². The Kier molecular flexibility index (Phi) is 4.28. The molecule has 1 nitrogen and oxygen atoms in total. The van der Waals surface area contributed by atoms with Gasteiger partial charge in [0.1, 0.15) is 0 Å². The lowest BCUT2D eigenvalue weighted by atomic mass is 9.75. The van der Waals surface area contributed by atoms with Gasteiger partial charge in [-0.05, 0) is 71.2 Å². The fourth-order valence-electron chi connectivity index (χ4n) is 5.53. The first kappa shape index (κ1) is 17.0. The molecule has 1 aliphatic heterocycles. The van der Waals surface area contributed by atoms with Gasteiger partial charge in [0.15, 0.2) is 0 Å². The molecule has 1 heterocycles. The van der Waals surface area contributed by atoms with Crippen LogP contribution >= 0.6 is 0 Å². The van der Waals surface area contributed by atoms with Gasteiger partial charge in [0.25, 0.3) is 0 Å². The van der Waals surface area contributed by atoms with Gasteiger partial charge in [0.05, 0.1) is 6.04 Å². The predicted octanol–water partition coefficient (Wildman–Crippen LogP) is 6.95. The van der Waals surface area contributed by atoms with Crippen molar-refractivity contribution in [2.24, 2.45) is 0 Å². The zero-order valence-electron chi connectivity index (χ0n) is 16.5. The van der Waals surface area contributed by atoms with Crippen LogP contribution in [0.3, 0.4) is 0 Å². The third-order valence-corrected chi connectivity index (χ3v) is 6.83. The van der Waals surface area contributed by atoms with E-state index in [9.17, 15) is 0 Å². The fraction of sp³-hybridized carbons (Fsp3) is 0.385. The van der Waals surface area contributed by atoms with E-state index in [1.807, 2.05) is 0 Å². The van der Waals surface area contributed by atoms with Crippen molar-refractivity contribution in [3.05, 3.63) is 82.4 Å². The van der Waals surface area contributed by atoms with Crippen LogP contribution < -0.4 is 5.32 Å². The Bertz CT molecular complexity index is 966. The Morgan fingerprint density at radius 2 is 1.56 bits per heavy atom. The molecule has 3 aromatic carbocycles. The van der Waals surface area contributed by atoms with Gasteiger partial charge in [-0.1, -0.05) is 73.9 Å². The molecule has 0 saturated heterocycles. The summed E-state index contributed by atoms with van der Waals surface area (Å²) in [6, 6.07) is 21.0. The maximum Gasteiger partial charge on any atom is 0.0590 e. The molecule has 27 heavy (non-hydrogen) atoms. The van der Waals surface area contributed by atoms with Gasteiger partial charge in [-0.3, -0.25) is 5.32 Å². The topological polar surface area (TPSA) is 12.0 Å². The van der Waals surface area contributed by atoms with Crippen LogP contribution in [0.1, 0.15) is 84.8 Å². The molecule has 0 amide bonds. The highest BCUT2D eigenvalue weighted by atomic mass is 15.0. The minimum absolute atomic E-state index is 0.277. The van der Waals surface area contributed by atoms with Crippen LogP contribution in [0.25, 0.3) is 10.8 Å². The van der Waals surface area contributed by atoms with Gasteiger partial charge in [0.2, 0.25) is 0 Å². The molecule has 0 aromatic heterocycles. The summed E-state index contributed by atoms with van der Waals surface area (Å²) in [7, 11) is 0. The molecule has 2 aliphatic rings. The van der Waals surface area contributed by atoms with E-state index in [0.717, 1.165) is 5.92 Å². The van der Waals surface area contributed by atoms with E-state index in [1.54, 1.807) is 11.1 Å². The molecule has 1 saturated carbocycles. The predicted molar refractivity (Wildman–Crippen MR) is 114 cm³/mol. The van der Waals surface area contributed by atoms with Gasteiger partial charge in [0, 0.05) is 6.04 Å². The van der Waals surface area contributed by atoms with E-state index >= 15 is 0 Å². The highest BCUT2D eigenvalue weighted by Gasteiger charge is 2.31. The third kappa shape index (κ3) is 2.80. The number of rotatable bonds is 2. The summed E-state index contributed by atoms with van der Waals surface area (Å²) < 4.78 is 0. The molecule has 0 radical (unpaired) electrons. The molecule has 0 bridgehead atoms. The Hall–Kier alpha value is -2.12. The molecule has 1 aliphatic carbocycles. The zero-order chi connectivity index (χ0) is 18.4. The summed E-state index contributed by atoms with van der Waals surface area (Å²) in [6.45, 7) is 4.64. The molecular formula is C26H29N. The summed E-state index contributed by atoms with van der Waals surface area (Å²) in [4.78, 5) is 0. The van der Waals surface area contributed by atoms with Crippen LogP contribution in [0, 0.1) is 6.92 Å². The first-order valence-corrected chi connectivity index (χ1v) is 10.6. The monoisotopic (exact) mass is 355 g/mol. The fourth-order valence-corrected chi connectivity index (χ4v) is 5.53. The van der Waals surface area contributed by atoms with E-state index in [-0.39, 0.29) is 6.04 Å². The molecule has 0 spiro atoms. The second kappa shape index (κ2) is 6.80. The second-order valence-electron chi connectivity index (χ2n) is 8.53. The highest BCUT2D eigenvalue weighted by molar-refractivity contribution is 5.93. The normalized spacial score (nSPS) is 22.9. The van der Waals surface area contributed by atoms with Crippen LogP contribution in [0.15, 0.2) is 54.6 Å². The molecule has 138 valence electrons. The van der Waals surface area contributed by atoms with Crippen molar-refractivity contribution in [2.75, 3.05) is 0 Å². The smallest absolute Gasteiger partial charge is 0.0590 e. The van der Waals surface area contributed by atoms with Gasteiger partial charge >= 0.3 is 0 Å². The molecule has 1 heteroatoms. The van der Waals surface area contributed by atoms with Crippen molar-refractivity contribution < 1.29 is 0 Å². The van der Waals surface area contributed by atoms with Crippen molar-refractivity contribution in [3.63, 3.8) is 0 Å². The lowest BCUT2D eigenvalue weighted by Gasteiger charge is -2.37. The molecular weight excluding hydrogens is 326 g/mol. The first-order chi connectivity index (χ1) is 13.2. The van der Waals surface area contributed by atoms with Crippen molar-refractivity contribution in [1.82, 2.24) is 5.32 Å². The first-order valence-electron chi connectivity index (χ1n) is 10.6. The summed E-state index contributed by atoms with van der Waals surface area (Å²) in [6.07, 6.45) is 6.89. The summed E-state index contributed by atoms with van der Waals surface area (Å²) >= 11 is 0. The molecule has 2 atom stereocenters. The van der Waals surface area contributed by atoms with Gasteiger partial charge < -0.3 is 0 Å². The molecule has 2 unspecified atom stereocenters. The Morgan fingerprint density at radius 3 is 2.33 bits per heavy atom. The second-order valence-corrected chi connectivity index (χ2v) is 8.53. The van der Waals surface area contributed by atoms with E-state index in [1.165, 1.54) is 59.6 Å². The standard InChI is InChI=1S/C26H29N/c1-17-13-14-20-15-16-22(19-9-5-3-6-10-19)24-18(2)27-26(23(17)25(20)24)21-11-7-4-8-12-21/h4,7-8,11-16,18-19,26-27H,3,5-6,9-10H2,1-2H3. The van der Waals surface area contributed by atoms with Crippen LogP contribution in [0.4, 0.5) is 0 Å². The zero-order valence-corrected chi connectivity index (χ0v) is 16.5. The molecule has 1 fully saturated rings. The Labute approximate surface area is 162 Å². The Morgan fingerprint density at radius 1 is 0.815 bits per heavy atom. The molecule has 1 N–H and O–H groups in total. The summed E-state index contributed by atoms with van der Waals surface area (Å²) in [5.74, 6) is 0.740. The number of hydrogen-bond donors (Lipinski definition) is 1. The van der Waals surface area contributed by atoms with E-state index in [4.69, 9.17) is 0 Å². The highest BCUT2D eigenvalue weighted by Crippen LogP contribution is 2.46. The lowest BCUT2D eigenvalue weighted by Crippen LogP contribution is -2.32. The summed E-state index contributed by atoms with van der Waals surface area (Å²) in [5, 5.41) is 6.90. The SMILES string of the molecule is Cc1ccc2ccc(C3CCCCC3)c3c2c1C(c1ccccc1)NC3C. The minimum atomic E-state index is 0.277. The van der Waals surface area contributed by atoms with Crippen molar-refractivity contribution in [1.29, 1.82) is 0 Å². The molecule has 5 rings (SSSR count). The van der Waals surface area contributed by atoms with Crippen LogP contribution in [0.2, 0.25) is 0 Å². The number of nitrogens with one attached hydrogen (secondary N) is 1. The van der Waals surface area contributed by atoms with Crippen LogP contribution in [0.5, 0.6) is 0 Å². The van der Waals surface area contributed by atoms with E-state index in [2.05, 4.69) is 73.8 Å². The Balaban J connectivity index is 1.76. The molecule has 3 aromatic rings. The number of aryl methyl sites for hydroxylation is 1. The largest absolute Gasteiger partial charge is 0.300 e. The van der Waals surface area contributed by atoms with Crippen LogP contribution in [-0.4, -0.2) is 0 Å². The third-order valence-electron chi connectivity index (χ3n) is 6.83. The van der Waals surface area contributed by atoms with Crippen molar-refractivity contribution in [3.8, 4) is 0 Å². The van der Waals surface area contributed by atoms with Crippen molar-refractivity contribution >= 4 is 10.8 Å². The van der Waals surface area contributed by atoms with Crippen LogP contribution in [-0.2, 0) is 0 Å². The maximum absolute atomic E-state index is 3.97. The summed E-state index contributed by atoms with van der Waals surface area (Å²) in [5.41, 5.74) is 7.45. The van der Waals surface area contributed by atoms with Gasteiger partial charge in [-0.25, -0.2) is 0 Å². The number of benzene rings is 3. The lowest BCUT2D eigenvalue weighted by molar-refractivity contribution is 0.433. The maximum atomic E-state index is 3.97. The van der Waals surface area contributed by atoms with E-state index in [0.29, 0.717) is 6.04 Å². The average Bonchev–Trinajstić information content (AvgIpc) is 2.72. The van der Waals surface area contributed by atoms with Gasteiger partial charge in [-0.2, -0.15) is 0 Å². The quantitative estimate of drug-likeness (QED) is 0.524.